The van der Waals surface area contributed by atoms with Crippen molar-refractivity contribution in [2.75, 3.05) is 12.4 Å². The van der Waals surface area contributed by atoms with Gasteiger partial charge in [-0.1, -0.05) is 6.07 Å². The Kier molecular flexibility index (Phi) is 6.08. The second kappa shape index (κ2) is 9.09. The lowest BCUT2D eigenvalue weighted by Gasteiger charge is -2.14. The van der Waals surface area contributed by atoms with Crippen LogP contribution >= 0.6 is 11.3 Å². The Balaban J connectivity index is 1.40. The van der Waals surface area contributed by atoms with E-state index in [4.69, 9.17) is 4.42 Å². The smallest absolute Gasteiger partial charge is 0.289 e. The van der Waals surface area contributed by atoms with Gasteiger partial charge in [0.2, 0.25) is 5.91 Å². The van der Waals surface area contributed by atoms with Crippen LogP contribution < -0.4 is 5.32 Å². The molecule has 4 rings (SSSR count). The summed E-state index contributed by atoms with van der Waals surface area (Å²) in [6, 6.07) is 12.6. The molecule has 0 aliphatic rings. The molecule has 7 nitrogen and oxygen atoms in total. The SMILES string of the molecule is Cc1nc(CCC(=O)Nc2ccc3oc(C(=O)N(C)Cc4ccccn4)cc3c2)cs1. The number of benzene rings is 1. The summed E-state index contributed by atoms with van der Waals surface area (Å²) >= 11 is 1.58. The van der Waals surface area contributed by atoms with E-state index in [-0.39, 0.29) is 17.6 Å². The molecule has 8 heteroatoms. The van der Waals surface area contributed by atoms with Crippen molar-refractivity contribution in [3.63, 3.8) is 0 Å². The first kappa shape index (κ1) is 20.7. The molecule has 3 aromatic heterocycles. The van der Waals surface area contributed by atoms with Crippen LogP contribution in [-0.2, 0) is 17.8 Å². The van der Waals surface area contributed by atoms with Gasteiger partial charge in [0.25, 0.3) is 5.91 Å². The van der Waals surface area contributed by atoms with Gasteiger partial charge in [-0.15, -0.1) is 11.3 Å². The lowest BCUT2D eigenvalue weighted by Crippen LogP contribution is -2.26. The number of hydrogen-bond acceptors (Lipinski definition) is 6. The molecule has 31 heavy (non-hydrogen) atoms. The molecule has 0 fully saturated rings. The number of carbonyl (C=O) groups excluding carboxylic acids is 2. The minimum atomic E-state index is -0.231. The fourth-order valence-electron chi connectivity index (χ4n) is 3.21. The molecule has 2 amide bonds. The van der Waals surface area contributed by atoms with E-state index in [0.29, 0.717) is 30.7 Å². The van der Waals surface area contributed by atoms with E-state index < -0.39 is 0 Å². The summed E-state index contributed by atoms with van der Waals surface area (Å²) in [6.45, 7) is 2.33. The van der Waals surface area contributed by atoms with Crippen molar-refractivity contribution >= 4 is 39.8 Å². The Morgan fingerprint density at radius 1 is 1.16 bits per heavy atom. The maximum atomic E-state index is 12.7. The molecule has 1 N–H and O–H groups in total. The Morgan fingerprint density at radius 2 is 2.03 bits per heavy atom. The number of aryl methyl sites for hydroxylation is 2. The topological polar surface area (TPSA) is 88.3 Å². The molecule has 0 saturated carbocycles. The second-order valence-corrected chi connectivity index (χ2v) is 8.31. The average molecular weight is 435 g/mol. The quantitative estimate of drug-likeness (QED) is 0.465. The Hall–Kier alpha value is -3.52. The molecule has 0 spiro atoms. The van der Waals surface area contributed by atoms with Gasteiger partial charge in [-0.2, -0.15) is 0 Å². The highest BCUT2D eigenvalue weighted by molar-refractivity contribution is 7.09. The normalized spacial score (nSPS) is 10.9. The predicted molar refractivity (Wildman–Crippen MR) is 120 cm³/mol. The van der Waals surface area contributed by atoms with Gasteiger partial charge in [-0.25, -0.2) is 4.98 Å². The van der Waals surface area contributed by atoms with Crippen molar-refractivity contribution in [1.82, 2.24) is 14.9 Å². The molecule has 4 aromatic rings. The first-order chi connectivity index (χ1) is 15.0. The number of rotatable bonds is 7. The van der Waals surface area contributed by atoms with Crippen LogP contribution in [0.4, 0.5) is 5.69 Å². The minimum absolute atomic E-state index is 0.0834. The number of furan rings is 1. The summed E-state index contributed by atoms with van der Waals surface area (Å²) in [4.78, 5) is 35.2. The molecular weight excluding hydrogens is 412 g/mol. The maximum Gasteiger partial charge on any atom is 0.289 e. The molecule has 0 aliphatic carbocycles. The summed E-state index contributed by atoms with van der Waals surface area (Å²) in [6.07, 6.45) is 2.66. The molecule has 0 aliphatic heterocycles. The standard InChI is InChI=1S/C23H22N4O3S/c1-15-25-19(14-31-15)7-9-22(28)26-17-6-8-20-16(11-17)12-21(30-20)23(29)27(2)13-18-5-3-4-10-24-18/h3-6,8,10-12,14H,7,9,13H2,1-2H3,(H,26,28). The zero-order chi connectivity index (χ0) is 21.8. The first-order valence-electron chi connectivity index (χ1n) is 9.88. The second-order valence-electron chi connectivity index (χ2n) is 7.25. The van der Waals surface area contributed by atoms with Gasteiger partial charge in [-0.3, -0.25) is 14.6 Å². The number of pyridine rings is 1. The number of hydrogen-bond donors (Lipinski definition) is 1. The molecule has 3 heterocycles. The number of anilines is 1. The molecular formula is C23H22N4O3S. The van der Waals surface area contributed by atoms with Crippen molar-refractivity contribution in [2.24, 2.45) is 0 Å². The third-order valence-electron chi connectivity index (χ3n) is 4.76. The molecule has 0 unspecified atom stereocenters. The number of fused-ring (bicyclic) bond motifs is 1. The zero-order valence-electron chi connectivity index (χ0n) is 17.3. The van der Waals surface area contributed by atoms with Gasteiger partial charge >= 0.3 is 0 Å². The number of amides is 2. The minimum Gasteiger partial charge on any atom is -0.451 e. The van der Waals surface area contributed by atoms with Crippen LogP contribution in [0, 0.1) is 6.92 Å². The van der Waals surface area contributed by atoms with Crippen LogP contribution in [-0.4, -0.2) is 33.7 Å². The van der Waals surface area contributed by atoms with E-state index in [9.17, 15) is 9.59 Å². The lowest BCUT2D eigenvalue weighted by atomic mass is 10.2. The van der Waals surface area contributed by atoms with E-state index in [2.05, 4.69) is 15.3 Å². The molecule has 158 valence electrons. The van der Waals surface area contributed by atoms with Crippen molar-refractivity contribution in [1.29, 1.82) is 0 Å². The van der Waals surface area contributed by atoms with E-state index >= 15 is 0 Å². The van der Waals surface area contributed by atoms with Crippen molar-refractivity contribution in [2.45, 2.75) is 26.3 Å². The molecule has 1 aromatic carbocycles. The van der Waals surface area contributed by atoms with Gasteiger partial charge in [-0.05, 0) is 49.7 Å². The van der Waals surface area contributed by atoms with Gasteiger partial charge < -0.3 is 14.6 Å². The first-order valence-corrected chi connectivity index (χ1v) is 10.8. The van der Waals surface area contributed by atoms with E-state index in [1.165, 1.54) is 0 Å². The predicted octanol–water partition coefficient (Wildman–Crippen LogP) is 4.44. The summed E-state index contributed by atoms with van der Waals surface area (Å²) in [7, 11) is 1.71. The van der Waals surface area contributed by atoms with Crippen LogP contribution in [0.3, 0.4) is 0 Å². The Labute approximate surface area is 183 Å². The maximum absolute atomic E-state index is 12.7. The number of carbonyl (C=O) groups is 2. The summed E-state index contributed by atoms with van der Waals surface area (Å²) in [5, 5.41) is 6.62. The van der Waals surface area contributed by atoms with Gasteiger partial charge in [0.15, 0.2) is 5.76 Å². The number of nitrogens with zero attached hydrogens (tertiary/aromatic N) is 3. The van der Waals surface area contributed by atoms with Crippen LogP contribution in [0.15, 0.2) is 58.5 Å². The molecule has 0 bridgehead atoms. The van der Waals surface area contributed by atoms with E-state index in [1.54, 1.807) is 53.7 Å². The van der Waals surface area contributed by atoms with Crippen molar-refractivity contribution in [3.8, 4) is 0 Å². The molecule has 0 saturated heterocycles. The Bertz CT molecular complexity index is 1220. The number of aromatic nitrogens is 2. The number of nitrogens with one attached hydrogen (secondary N) is 1. The summed E-state index contributed by atoms with van der Waals surface area (Å²) < 4.78 is 5.72. The fourth-order valence-corrected chi connectivity index (χ4v) is 3.86. The monoisotopic (exact) mass is 434 g/mol. The van der Waals surface area contributed by atoms with Gasteiger partial charge in [0.1, 0.15) is 5.58 Å². The highest BCUT2D eigenvalue weighted by Crippen LogP contribution is 2.24. The summed E-state index contributed by atoms with van der Waals surface area (Å²) in [5.74, 6) is -0.0679. The lowest BCUT2D eigenvalue weighted by molar-refractivity contribution is -0.116. The third kappa shape index (κ3) is 5.16. The van der Waals surface area contributed by atoms with Crippen LogP contribution in [0.5, 0.6) is 0 Å². The van der Waals surface area contributed by atoms with Crippen molar-refractivity contribution in [3.05, 3.63) is 76.2 Å². The highest BCUT2D eigenvalue weighted by Gasteiger charge is 2.18. The van der Waals surface area contributed by atoms with E-state index in [0.717, 1.165) is 21.8 Å². The number of thiazole rings is 1. The van der Waals surface area contributed by atoms with Crippen LogP contribution in [0.2, 0.25) is 0 Å². The van der Waals surface area contributed by atoms with Crippen LogP contribution in [0.1, 0.15) is 33.4 Å². The fraction of sp³-hybridized carbons (Fsp3) is 0.217. The Morgan fingerprint density at radius 3 is 2.77 bits per heavy atom. The molecule has 0 radical (unpaired) electrons. The van der Waals surface area contributed by atoms with E-state index in [1.807, 2.05) is 30.5 Å². The zero-order valence-corrected chi connectivity index (χ0v) is 18.1. The third-order valence-corrected chi connectivity index (χ3v) is 5.58. The van der Waals surface area contributed by atoms with Gasteiger partial charge in [0, 0.05) is 36.1 Å². The largest absolute Gasteiger partial charge is 0.451 e. The summed E-state index contributed by atoms with van der Waals surface area (Å²) in [5.41, 5.74) is 2.98. The molecule has 0 atom stereocenters. The van der Waals surface area contributed by atoms with Gasteiger partial charge in [0.05, 0.1) is 22.9 Å². The van der Waals surface area contributed by atoms with Crippen molar-refractivity contribution < 1.29 is 14.0 Å². The van der Waals surface area contributed by atoms with Crippen LogP contribution in [0.25, 0.3) is 11.0 Å². The highest BCUT2D eigenvalue weighted by atomic mass is 32.1. The average Bonchev–Trinajstić information content (AvgIpc) is 3.38.